The number of carbonyl (C=O) groups excluding carboxylic acids is 1. The Morgan fingerprint density at radius 3 is 2.40 bits per heavy atom. The third-order valence-corrected chi connectivity index (χ3v) is 7.21. The van der Waals surface area contributed by atoms with Gasteiger partial charge in [-0.1, -0.05) is 35.3 Å². The van der Waals surface area contributed by atoms with Crippen molar-refractivity contribution in [2.24, 2.45) is 5.92 Å². The molecule has 13 heteroatoms. The molecule has 0 atom stereocenters. The van der Waals surface area contributed by atoms with E-state index in [0.717, 1.165) is 0 Å². The Morgan fingerprint density at radius 1 is 1.05 bits per heavy atom. The number of aromatic nitrogens is 4. The van der Waals surface area contributed by atoms with Crippen molar-refractivity contribution in [2.45, 2.75) is 25.9 Å². The molecule has 1 aliphatic rings. The number of anilines is 1. The molecule has 1 N–H and O–H groups in total. The van der Waals surface area contributed by atoms with Crippen LogP contribution in [-0.2, 0) is 4.79 Å². The Bertz CT molecular complexity index is 1520. The fourth-order valence-electron chi connectivity index (χ4n) is 4.66. The van der Waals surface area contributed by atoms with Gasteiger partial charge in [0.05, 0.1) is 17.5 Å². The smallest absolute Gasteiger partial charge is 0.391 e. The normalized spacial score (nSPS) is 14.5. The first-order valence-corrected chi connectivity index (χ1v) is 13.4. The highest BCUT2D eigenvalue weighted by Gasteiger charge is 2.41. The number of piperidine rings is 1. The van der Waals surface area contributed by atoms with Crippen LogP contribution in [0.3, 0.4) is 0 Å². The fourth-order valence-corrected chi connectivity index (χ4v) is 5.00. The summed E-state index contributed by atoms with van der Waals surface area (Å²) in [5.41, 5.74) is 2.10. The maximum atomic E-state index is 13.4. The number of nitrogens with one attached hydrogen (secondary N) is 1. The molecular formula is C27H25Cl2F3N6O2. The van der Waals surface area contributed by atoms with Crippen LogP contribution in [-0.4, -0.2) is 57.8 Å². The first-order valence-electron chi connectivity index (χ1n) is 12.6. The molecule has 2 aromatic heterocycles. The fraction of sp³-hybridized carbons (Fsp3) is 0.333. The maximum Gasteiger partial charge on any atom is 0.391 e. The Labute approximate surface area is 238 Å². The summed E-state index contributed by atoms with van der Waals surface area (Å²) < 4.78 is 47.7. The Kier molecular flexibility index (Phi) is 8.04. The van der Waals surface area contributed by atoms with Gasteiger partial charge in [0.25, 0.3) is 0 Å². The van der Waals surface area contributed by atoms with Gasteiger partial charge in [0.15, 0.2) is 17.0 Å². The predicted octanol–water partition coefficient (Wildman–Crippen LogP) is 6.08. The van der Waals surface area contributed by atoms with E-state index >= 15 is 0 Å². The molecule has 1 amide bonds. The second-order valence-corrected chi connectivity index (χ2v) is 10.2. The first kappa shape index (κ1) is 28.0. The summed E-state index contributed by atoms with van der Waals surface area (Å²) in [5, 5.41) is 3.64. The number of halogens is 5. The number of imidazole rings is 1. The number of benzene rings is 2. The number of hydrogen-bond acceptors (Lipinski definition) is 6. The van der Waals surface area contributed by atoms with Crippen LogP contribution in [0.25, 0.3) is 28.2 Å². The van der Waals surface area contributed by atoms with Gasteiger partial charge in [0.2, 0.25) is 5.91 Å². The van der Waals surface area contributed by atoms with Crippen molar-refractivity contribution in [3.05, 3.63) is 58.6 Å². The van der Waals surface area contributed by atoms with E-state index in [4.69, 9.17) is 32.9 Å². The lowest BCUT2D eigenvalue weighted by Gasteiger charge is -2.33. The molecule has 210 valence electrons. The van der Waals surface area contributed by atoms with Gasteiger partial charge >= 0.3 is 12.2 Å². The van der Waals surface area contributed by atoms with E-state index in [1.807, 2.05) is 12.1 Å². The summed E-state index contributed by atoms with van der Waals surface area (Å²) in [6.45, 7) is 1.98. The van der Waals surface area contributed by atoms with Crippen LogP contribution < -0.4 is 15.0 Å². The molecule has 0 unspecified atom stereocenters. The zero-order valence-electron chi connectivity index (χ0n) is 21.4. The Balaban J connectivity index is 1.66. The zero-order chi connectivity index (χ0) is 28.4. The molecule has 8 nitrogen and oxygen atoms in total. The lowest BCUT2D eigenvalue weighted by Crippen LogP contribution is -2.39. The summed E-state index contributed by atoms with van der Waals surface area (Å²) >= 11 is 12.7. The van der Waals surface area contributed by atoms with Crippen LogP contribution >= 0.6 is 23.2 Å². The standard InChI is InChI=1S/C27H25Cl2F3N6O2/c1-16(39)33-12-15-40-26-35-24(37-13-10-17(11-14-37)27(30,31)32)22-25(36-26)38(19-8-6-18(28)7-9-19)23(34-22)20-4-2-3-5-21(20)29/h2-9,17H,10-15H2,1H3,(H,33,39). The number of hydrogen-bond donors (Lipinski definition) is 1. The summed E-state index contributed by atoms with van der Waals surface area (Å²) in [7, 11) is 0. The number of nitrogens with zero attached hydrogens (tertiary/aromatic N) is 5. The largest absolute Gasteiger partial charge is 0.461 e. The summed E-state index contributed by atoms with van der Waals surface area (Å²) in [6, 6.07) is 14.3. The average Bonchev–Trinajstić information content (AvgIpc) is 3.30. The number of amides is 1. The second kappa shape index (κ2) is 11.5. The maximum absolute atomic E-state index is 13.4. The molecule has 2 aromatic carbocycles. The molecule has 0 aliphatic carbocycles. The van der Waals surface area contributed by atoms with Gasteiger partial charge in [-0.2, -0.15) is 23.1 Å². The summed E-state index contributed by atoms with van der Waals surface area (Å²) in [5.74, 6) is -0.752. The number of rotatable bonds is 7. The van der Waals surface area contributed by atoms with Crippen molar-refractivity contribution in [3.8, 4) is 23.1 Å². The highest BCUT2D eigenvalue weighted by Crippen LogP contribution is 2.39. The van der Waals surface area contributed by atoms with E-state index < -0.39 is 12.1 Å². The van der Waals surface area contributed by atoms with Gasteiger partial charge in [-0.3, -0.25) is 9.36 Å². The van der Waals surface area contributed by atoms with Crippen LogP contribution in [0.4, 0.5) is 19.0 Å². The molecule has 1 saturated heterocycles. The SMILES string of the molecule is CC(=O)NCCOc1nc(N2CCC(C(F)(F)F)CC2)c2nc(-c3ccccc3Cl)n(-c3ccc(Cl)cc3)c2n1. The van der Waals surface area contributed by atoms with E-state index in [1.165, 1.54) is 6.92 Å². The van der Waals surface area contributed by atoms with E-state index in [1.54, 1.807) is 45.9 Å². The molecule has 4 aromatic rings. The molecule has 0 spiro atoms. The molecule has 1 aliphatic heterocycles. The van der Waals surface area contributed by atoms with Crippen molar-refractivity contribution in [1.82, 2.24) is 24.8 Å². The van der Waals surface area contributed by atoms with Crippen LogP contribution in [0.2, 0.25) is 10.0 Å². The lowest BCUT2D eigenvalue weighted by molar-refractivity contribution is -0.179. The van der Waals surface area contributed by atoms with E-state index in [-0.39, 0.29) is 51.0 Å². The first-order chi connectivity index (χ1) is 19.1. The molecule has 0 bridgehead atoms. The number of ether oxygens (including phenoxy) is 1. The van der Waals surface area contributed by atoms with Gasteiger partial charge in [-0.25, -0.2) is 4.98 Å². The highest BCUT2D eigenvalue weighted by molar-refractivity contribution is 6.33. The molecule has 3 heterocycles. The molecule has 0 saturated carbocycles. The summed E-state index contributed by atoms with van der Waals surface area (Å²) in [4.78, 5) is 27.2. The minimum Gasteiger partial charge on any atom is -0.461 e. The second-order valence-electron chi connectivity index (χ2n) is 9.36. The third kappa shape index (κ3) is 5.95. The van der Waals surface area contributed by atoms with E-state index in [2.05, 4.69) is 15.3 Å². The third-order valence-electron chi connectivity index (χ3n) is 6.63. The van der Waals surface area contributed by atoms with Gasteiger partial charge in [0, 0.05) is 36.3 Å². The summed E-state index contributed by atoms with van der Waals surface area (Å²) in [6.07, 6.45) is -4.38. The van der Waals surface area contributed by atoms with Gasteiger partial charge in [-0.15, -0.1) is 0 Å². The zero-order valence-corrected chi connectivity index (χ0v) is 22.9. The Morgan fingerprint density at radius 2 is 1.75 bits per heavy atom. The number of carbonyl (C=O) groups is 1. The lowest BCUT2D eigenvalue weighted by atomic mass is 9.96. The van der Waals surface area contributed by atoms with Crippen LogP contribution in [0.1, 0.15) is 19.8 Å². The monoisotopic (exact) mass is 592 g/mol. The predicted molar refractivity (Wildman–Crippen MR) is 147 cm³/mol. The minimum atomic E-state index is -4.25. The topological polar surface area (TPSA) is 85.2 Å². The number of fused-ring (bicyclic) bond motifs is 1. The van der Waals surface area contributed by atoms with E-state index in [0.29, 0.717) is 44.1 Å². The molecule has 1 fully saturated rings. The average molecular weight is 593 g/mol. The van der Waals surface area contributed by atoms with Gasteiger partial charge in [-0.05, 0) is 49.2 Å². The van der Waals surface area contributed by atoms with Crippen molar-refractivity contribution < 1.29 is 22.7 Å². The van der Waals surface area contributed by atoms with Crippen LogP contribution in [0, 0.1) is 5.92 Å². The quantitative estimate of drug-likeness (QED) is 0.262. The minimum absolute atomic E-state index is 0.00613. The molecule has 0 radical (unpaired) electrons. The van der Waals surface area contributed by atoms with Crippen molar-refractivity contribution >= 4 is 46.1 Å². The molecule has 5 rings (SSSR count). The van der Waals surface area contributed by atoms with Gasteiger partial charge in [0.1, 0.15) is 12.4 Å². The van der Waals surface area contributed by atoms with Crippen molar-refractivity contribution in [2.75, 3.05) is 31.1 Å². The van der Waals surface area contributed by atoms with Gasteiger partial charge < -0.3 is 15.0 Å². The van der Waals surface area contributed by atoms with E-state index in [9.17, 15) is 18.0 Å². The van der Waals surface area contributed by atoms with Crippen LogP contribution in [0.5, 0.6) is 6.01 Å². The van der Waals surface area contributed by atoms with Crippen molar-refractivity contribution in [1.29, 1.82) is 0 Å². The van der Waals surface area contributed by atoms with Crippen molar-refractivity contribution in [3.63, 3.8) is 0 Å². The van der Waals surface area contributed by atoms with Crippen LogP contribution in [0.15, 0.2) is 48.5 Å². The Hall–Kier alpha value is -3.57. The molecular weight excluding hydrogens is 568 g/mol. The number of alkyl halides is 3. The molecule has 40 heavy (non-hydrogen) atoms. The highest BCUT2D eigenvalue weighted by atomic mass is 35.5.